The summed E-state index contributed by atoms with van der Waals surface area (Å²) in [7, 11) is 0. The number of amides is 18. The van der Waals surface area contributed by atoms with E-state index >= 15 is 0 Å². The Balaban J connectivity index is 2.24. The molecular weight excluding hydrogens is 1640 g/mol. The van der Waals surface area contributed by atoms with E-state index in [9.17, 15) is 106 Å². The molecule has 2 rings (SSSR count). The Labute approximate surface area is 720 Å². The molecule has 125 heavy (non-hydrogen) atoms. The largest absolute Gasteiger partial charge is 0.480 e. The molecule has 0 saturated carbocycles. The minimum atomic E-state index is -1.88. The van der Waals surface area contributed by atoms with Gasteiger partial charge in [0.1, 0.15) is 78.5 Å². The molecule has 0 aliphatic heterocycles. The Hall–Kier alpha value is -13.3. The molecule has 2 aromatic rings. The van der Waals surface area contributed by atoms with Crippen LogP contribution in [0.5, 0.6) is 0 Å². The third kappa shape index (κ3) is 43.4. The van der Waals surface area contributed by atoms with Crippen LogP contribution in [0.2, 0.25) is 0 Å². The third-order valence-corrected chi connectivity index (χ3v) is 18.4. The maximum Gasteiger partial charge on any atom is 0.326 e. The number of hydrogen-bond donors (Lipinski definition) is 30. The third-order valence-electron chi connectivity index (χ3n) is 18.4. The lowest BCUT2D eigenvalue weighted by molar-refractivity contribution is -0.143. The molecule has 37 N–H and O–H groups in total. The van der Waals surface area contributed by atoms with Gasteiger partial charge in [-0.25, -0.2) is 4.79 Å². The summed E-state index contributed by atoms with van der Waals surface area (Å²) in [6.45, 7) is 4.25. The number of carboxylic acid groups (broad SMARTS) is 1. The summed E-state index contributed by atoms with van der Waals surface area (Å²) in [5.41, 5.74) is 40.3. The maximum absolute atomic E-state index is 14.3. The quantitative estimate of drug-likeness (QED) is 0.0166. The Bertz CT molecular complexity index is 4020. The van der Waals surface area contributed by atoms with E-state index in [0.717, 1.165) is 19.4 Å². The minimum Gasteiger partial charge on any atom is -0.480 e. The molecule has 2 aromatic carbocycles. The van der Waals surface area contributed by atoms with Crippen molar-refractivity contribution >= 4 is 124 Å². The number of aliphatic hydroxyl groups is 2. The summed E-state index contributed by atoms with van der Waals surface area (Å²) >= 11 is 0. The molecule has 0 unspecified atom stereocenters. The van der Waals surface area contributed by atoms with Crippen LogP contribution in [0.4, 0.5) is 0 Å². The summed E-state index contributed by atoms with van der Waals surface area (Å²) in [4.78, 5) is 253. The minimum absolute atomic E-state index is 0.0171. The molecule has 18 amide bonds. The smallest absolute Gasteiger partial charge is 0.326 e. The fourth-order valence-corrected chi connectivity index (χ4v) is 11.6. The average Bonchev–Trinajstić information content (AvgIpc) is 0.867. The fraction of sp³-hybridized carbons (Fsp3) is 0.566. The normalized spacial score (nSPS) is 14.5. The van der Waals surface area contributed by atoms with Gasteiger partial charge in [-0.15, -0.1) is 0 Å². The van der Waals surface area contributed by atoms with Crippen molar-refractivity contribution in [2.75, 3.05) is 52.4 Å². The molecule has 0 bridgehead atoms. The Morgan fingerprint density at radius 2 is 0.768 bits per heavy atom. The predicted molar refractivity (Wildman–Crippen MR) is 448 cm³/mol. The molecule has 15 atom stereocenters. The zero-order valence-electron chi connectivity index (χ0n) is 70.5. The van der Waals surface area contributed by atoms with E-state index in [1.54, 1.807) is 74.5 Å². The molecule has 694 valence electrons. The molecular formula is C76H123N27O22. The van der Waals surface area contributed by atoms with Crippen LogP contribution in [0, 0.1) is 16.7 Å². The number of unbranched alkanes of at least 4 members (excludes halogenated alkanes) is 1. The SMILES string of the molecule is CC(C)C[C@H](NC(=O)[C@H](CCCCN)NC(=O)[C@H](CCCNC(=N)N)NC(=O)[C@H](C)NC(=O)[C@H](CO)NC(=O)[C@H](CN)NC(=O)[C@H](CCCNC(=N)N)NC(=O)[C@H](C)NC(=O)CNC(=O)[C@@H](NC(=O)[C@H](Cc1ccccc1)NC(=O)CNC(=O)CNC(=O)[C@@H](N)Cc1ccccc1)[C@@H](C)O)C(=O)N[C@@H](C)C(=O)N[C@@H](CC(N)=O)C(=O)N[C@@H](CCC(N)=O)C(=O)O. The fourth-order valence-electron chi connectivity index (χ4n) is 11.6. The summed E-state index contributed by atoms with van der Waals surface area (Å²) < 4.78 is 0. The molecule has 0 fully saturated rings. The average molecular weight is 1770 g/mol. The Morgan fingerprint density at radius 3 is 1.23 bits per heavy atom. The highest BCUT2D eigenvalue weighted by Gasteiger charge is 2.37. The Kier molecular flexibility index (Phi) is 49.3. The van der Waals surface area contributed by atoms with E-state index < -0.39 is 267 Å². The van der Waals surface area contributed by atoms with E-state index in [0.29, 0.717) is 12.0 Å². The van der Waals surface area contributed by atoms with Crippen molar-refractivity contribution in [1.29, 1.82) is 10.8 Å². The first-order valence-corrected chi connectivity index (χ1v) is 40.1. The molecule has 0 heterocycles. The summed E-state index contributed by atoms with van der Waals surface area (Å²) in [5.74, 6) is -20.8. The zero-order chi connectivity index (χ0) is 94.2. The van der Waals surface area contributed by atoms with Crippen LogP contribution in [0.25, 0.3) is 0 Å². The van der Waals surface area contributed by atoms with Crippen LogP contribution in [-0.2, 0) is 104 Å². The van der Waals surface area contributed by atoms with E-state index in [1.165, 1.54) is 13.8 Å². The molecule has 49 heteroatoms. The molecule has 0 aromatic heterocycles. The Morgan fingerprint density at radius 1 is 0.376 bits per heavy atom. The standard InChI is InChI=1S/C76H123N27O22/c1-38(2)29-50(68(118)92-41(5)63(113)99-52(32-56(81)107)69(119)98-49(74(124)125)24-25-55(80)106)100-66(116)46(21-13-14-26-77)97-65(115)47(22-15-27-86-75(82)83)96-62(112)40(4)93-72(122)54(37-104)102-71(121)53(33-78)101-67(117)48(23-16-28-87-76(84)85)95-61(111)39(3)91-58(109)36-90-73(123)60(42(6)105)103-70(120)51(31-44-19-11-8-12-20-44)94-59(110)35-88-57(108)34-89-64(114)45(79)30-43-17-9-7-10-18-43/h7-12,17-20,38-42,45-54,60,104-105H,13-16,21-37,77-79H2,1-6H3,(H2,80,106)(H2,81,107)(H,88,108)(H,89,114)(H,90,123)(H,91,109)(H,92,118)(H,93,122)(H,94,110)(H,95,111)(H,96,112)(H,97,115)(H,98,119)(H,99,113)(H,100,116)(H,101,117)(H,102,121)(H,103,120)(H,124,125)(H4,82,83,86)(H4,84,85,87)/t39-,40-,41-,42+,45-,46-,47-,48-,49-,50-,51-,52-,53-,54-,60-/m0/s1. The van der Waals surface area contributed by atoms with Crippen LogP contribution >= 0.6 is 0 Å². The number of hydrogen-bond acceptors (Lipinski definition) is 26. The second-order valence-corrected chi connectivity index (χ2v) is 29.6. The van der Waals surface area contributed by atoms with Gasteiger partial charge in [0.05, 0.1) is 44.8 Å². The topological polar surface area (TPSA) is 831 Å². The number of rotatable bonds is 59. The van der Waals surface area contributed by atoms with E-state index in [4.69, 9.17) is 51.0 Å². The van der Waals surface area contributed by atoms with Gasteiger partial charge in [0.15, 0.2) is 11.9 Å². The lowest BCUT2D eigenvalue weighted by Crippen LogP contribution is -2.61. The molecule has 0 saturated heterocycles. The van der Waals surface area contributed by atoms with E-state index in [1.807, 2.05) is 0 Å². The van der Waals surface area contributed by atoms with Crippen LogP contribution in [0.3, 0.4) is 0 Å². The summed E-state index contributed by atoms with van der Waals surface area (Å²) in [6, 6.07) is -4.63. The molecule has 0 spiro atoms. The number of carbonyl (C=O) groups is 19. The predicted octanol–water partition coefficient (Wildman–Crippen LogP) is -12.2. The maximum atomic E-state index is 14.3. The highest BCUT2D eigenvalue weighted by atomic mass is 16.4. The monoisotopic (exact) mass is 1770 g/mol. The second-order valence-electron chi connectivity index (χ2n) is 29.6. The second kappa shape index (κ2) is 57.1. The van der Waals surface area contributed by atoms with Gasteiger partial charge in [0, 0.05) is 32.5 Å². The van der Waals surface area contributed by atoms with Crippen molar-refractivity contribution in [2.45, 2.75) is 216 Å². The number of benzene rings is 2. The number of primary amides is 2. The van der Waals surface area contributed by atoms with Crippen molar-refractivity contribution in [3.05, 3.63) is 71.8 Å². The van der Waals surface area contributed by atoms with Crippen molar-refractivity contribution in [1.82, 2.24) is 95.7 Å². The van der Waals surface area contributed by atoms with Crippen molar-refractivity contribution < 1.29 is 106 Å². The number of guanidine groups is 2. The molecule has 0 radical (unpaired) electrons. The van der Waals surface area contributed by atoms with Crippen LogP contribution in [0.15, 0.2) is 60.7 Å². The van der Waals surface area contributed by atoms with Gasteiger partial charge >= 0.3 is 5.97 Å². The van der Waals surface area contributed by atoms with Crippen molar-refractivity contribution in [2.24, 2.45) is 46.1 Å². The zero-order valence-corrected chi connectivity index (χ0v) is 70.5. The van der Waals surface area contributed by atoms with Gasteiger partial charge in [-0.1, -0.05) is 74.5 Å². The molecule has 0 aliphatic rings. The highest BCUT2D eigenvalue weighted by Crippen LogP contribution is 2.13. The van der Waals surface area contributed by atoms with Gasteiger partial charge in [0.2, 0.25) is 106 Å². The summed E-state index contributed by atoms with van der Waals surface area (Å²) in [6.07, 6.45) is -3.38. The van der Waals surface area contributed by atoms with Gasteiger partial charge < -0.3 is 151 Å². The number of aliphatic hydroxyl groups excluding tert-OH is 2. The first-order chi connectivity index (χ1) is 58.9. The number of aliphatic carboxylic acids is 1. The molecule has 49 nitrogen and oxygen atoms in total. The van der Waals surface area contributed by atoms with Gasteiger partial charge in [-0.3, -0.25) is 97.1 Å². The first-order valence-electron chi connectivity index (χ1n) is 40.1. The lowest BCUT2D eigenvalue weighted by atomic mass is 10.0. The van der Waals surface area contributed by atoms with Gasteiger partial charge in [-0.2, -0.15) is 0 Å². The van der Waals surface area contributed by atoms with Crippen LogP contribution in [-0.4, -0.2) is 283 Å². The highest BCUT2D eigenvalue weighted by molar-refractivity contribution is 6.01. The van der Waals surface area contributed by atoms with Gasteiger partial charge in [0.25, 0.3) is 0 Å². The lowest BCUT2D eigenvalue weighted by Gasteiger charge is -2.28. The number of carboxylic acids is 1. The number of nitrogens with one attached hydrogen (secondary N) is 20. The van der Waals surface area contributed by atoms with Gasteiger partial charge in [-0.05, 0) is 115 Å². The first kappa shape index (κ1) is 108. The number of carbonyl (C=O) groups excluding carboxylic acids is 18. The summed E-state index contributed by atoms with van der Waals surface area (Å²) in [5, 5.41) is 88.6. The van der Waals surface area contributed by atoms with Crippen molar-refractivity contribution in [3.63, 3.8) is 0 Å². The van der Waals surface area contributed by atoms with Crippen LogP contribution in [0.1, 0.15) is 123 Å². The molecule has 0 aliphatic carbocycles. The number of nitrogens with two attached hydrogens (primary N) is 7. The van der Waals surface area contributed by atoms with E-state index in [-0.39, 0.29) is 83.3 Å². The van der Waals surface area contributed by atoms with E-state index in [2.05, 4.69) is 95.7 Å². The van der Waals surface area contributed by atoms with Crippen LogP contribution < -0.4 is 136 Å². The van der Waals surface area contributed by atoms with Crippen molar-refractivity contribution in [3.8, 4) is 0 Å².